The van der Waals surface area contributed by atoms with E-state index >= 15 is 0 Å². The first-order chi connectivity index (χ1) is 16.8. The zero-order valence-corrected chi connectivity index (χ0v) is 18.3. The van der Waals surface area contributed by atoms with Gasteiger partial charge in [-0.15, -0.1) is 10.2 Å². The van der Waals surface area contributed by atoms with Gasteiger partial charge in [-0.1, -0.05) is 18.2 Å². The number of hydrogen-bond acceptors (Lipinski definition) is 6. The maximum Gasteiger partial charge on any atom is 0.417 e. The largest absolute Gasteiger partial charge is 0.417 e. The molecule has 0 unspecified atom stereocenters. The topological polar surface area (TPSA) is 102 Å². The van der Waals surface area contributed by atoms with Crippen molar-refractivity contribution in [3.05, 3.63) is 83.0 Å². The Balaban J connectivity index is 1.37. The van der Waals surface area contributed by atoms with E-state index in [1.807, 2.05) is 11.0 Å². The SMILES string of the molecule is N#Cc1cccc(NC(=O)c2ccc(N3CCN(C(=O)c4ccccc4C(F)(F)F)CC3)nn2)c1. The molecule has 0 atom stereocenters. The van der Waals surface area contributed by atoms with Gasteiger partial charge in [0, 0.05) is 31.9 Å². The Labute approximate surface area is 198 Å². The van der Waals surface area contributed by atoms with Gasteiger partial charge >= 0.3 is 6.18 Å². The summed E-state index contributed by atoms with van der Waals surface area (Å²) in [5, 5.41) is 19.7. The lowest BCUT2D eigenvalue weighted by atomic mass is 10.1. The highest BCUT2D eigenvalue weighted by Crippen LogP contribution is 2.32. The molecule has 1 N–H and O–H groups in total. The maximum absolute atomic E-state index is 13.3. The molecule has 3 aromatic rings. The van der Waals surface area contributed by atoms with Crippen LogP contribution in [0.2, 0.25) is 0 Å². The first kappa shape index (κ1) is 23.7. The highest BCUT2D eigenvalue weighted by atomic mass is 19.4. The van der Waals surface area contributed by atoms with Crippen LogP contribution in [0.1, 0.15) is 32.0 Å². The quantitative estimate of drug-likeness (QED) is 0.613. The van der Waals surface area contributed by atoms with Gasteiger partial charge in [0.2, 0.25) is 0 Å². The second kappa shape index (κ2) is 9.80. The van der Waals surface area contributed by atoms with Crippen LogP contribution < -0.4 is 10.2 Å². The number of benzene rings is 2. The van der Waals surface area contributed by atoms with Gasteiger partial charge in [-0.2, -0.15) is 18.4 Å². The van der Waals surface area contributed by atoms with Gasteiger partial charge in [0.15, 0.2) is 11.5 Å². The lowest BCUT2D eigenvalue weighted by Crippen LogP contribution is -2.49. The van der Waals surface area contributed by atoms with Crippen LogP contribution in [0.15, 0.2) is 60.7 Å². The van der Waals surface area contributed by atoms with Gasteiger partial charge in [0.1, 0.15) is 0 Å². The molecule has 0 saturated carbocycles. The molecule has 4 rings (SSSR count). The van der Waals surface area contributed by atoms with Crippen LogP contribution in [0.5, 0.6) is 0 Å². The van der Waals surface area contributed by atoms with Crippen LogP contribution in [0.3, 0.4) is 0 Å². The Morgan fingerprint density at radius 2 is 1.69 bits per heavy atom. The lowest BCUT2D eigenvalue weighted by Gasteiger charge is -2.35. The molecule has 0 radical (unpaired) electrons. The number of nitriles is 1. The molecule has 178 valence electrons. The van der Waals surface area contributed by atoms with E-state index in [9.17, 15) is 22.8 Å². The second-order valence-corrected chi connectivity index (χ2v) is 7.75. The van der Waals surface area contributed by atoms with E-state index < -0.39 is 23.6 Å². The number of hydrogen-bond donors (Lipinski definition) is 1. The van der Waals surface area contributed by atoms with Gasteiger partial charge in [-0.25, -0.2) is 0 Å². The van der Waals surface area contributed by atoms with E-state index in [0.717, 1.165) is 6.07 Å². The van der Waals surface area contributed by atoms with Gasteiger partial charge in [-0.3, -0.25) is 9.59 Å². The number of carbonyl (C=O) groups is 2. The number of amides is 2. The van der Waals surface area contributed by atoms with Gasteiger partial charge in [-0.05, 0) is 42.5 Å². The van der Waals surface area contributed by atoms with Crippen molar-refractivity contribution in [3.8, 4) is 6.07 Å². The molecule has 1 aliphatic rings. The van der Waals surface area contributed by atoms with Crippen molar-refractivity contribution in [3.63, 3.8) is 0 Å². The van der Waals surface area contributed by atoms with Gasteiger partial charge < -0.3 is 15.1 Å². The molecule has 1 aromatic heterocycles. The molecule has 35 heavy (non-hydrogen) atoms. The highest BCUT2D eigenvalue weighted by Gasteiger charge is 2.36. The number of nitrogens with zero attached hydrogens (tertiary/aromatic N) is 5. The van der Waals surface area contributed by atoms with E-state index in [-0.39, 0.29) is 24.3 Å². The van der Waals surface area contributed by atoms with Crippen molar-refractivity contribution in [1.82, 2.24) is 15.1 Å². The van der Waals surface area contributed by atoms with Crippen LogP contribution >= 0.6 is 0 Å². The first-order valence-corrected chi connectivity index (χ1v) is 10.6. The highest BCUT2D eigenvalue weighted by molar-refractivity contribution is 6.02. The van der Waals surface area contributed by atoms with Gasteiger partial charge in [0.05, 0.1) is 22.8 Å². The fourth-order valence-corrected chi connectivity index (χ4v) is 3.70. The smallest absolute Gasteiger partial charge is 0.352 e. The second-order valence-electron chi connectivity index (χ2n) is 7.75. The number of alkyl halides is 3. The van der Waals surface area contributed by atoms with E-state index in [2.05, 4.69) is 15.5 Å². The van der Waals surface area contributed by atoms with Crippen molar-refractivity contribution in [2.24, 2.45) is 0 Å². The fourth-order valence-electron chi connectivity index (χ4n) is 3.70. The number of carbonyl (C=O) groups excluding carboxylic acids is 2. The van der Waals surface area contributed by atoms with Crippen molar-refractivity contribution in [2.45, 2.75) is 6.18 Å². The zero-order chi connectivity index (χ0) is 25.0. The fraction of sp³-hybridized carbons (Fsp3) is 0.208. The Hall–Kier alpha value is -4.46. The third kappa shape index (κ3) is 5.38. The Kier molecular flexibility index (Phi) is 6.64. The normalized spacial score (nSPS) is 13.8. The summed E-state index contributed by atoms with van der Waals surface area (Å²) in [6, 6.07) is 16.3. The van der Waals surface area contributed by atoms with E-state index in [1.165, 1.54) is 35.2 Å². The van der Waals surface area contributed by atoms with Crippen molar-refractivity contribution >= 4 is 23.3 Å². The molecular formula is C24H19F3N6O2. The number of aromatic nitrogens is 2. The minimum Gasteiger partial charge on any atom is -0.352 e. The summed E-state index contributed by atoms with van der Waals surface area (Å²) < 4.78 is 39.8. The van der Waals surface area contributed by atoms with Gasteiger partial charge in [0.25, 0.3) is 11.8 Å². The molecule has 2 amide bonds. The first-order valence-electron chi connectivity index (χ1n) is 10.6. The lowest BCUT2D eigenvalue weighted by molar-refractivity contribution is -0.138. The van der Waals surface area contributed by atoms with E-state index in [1.54, 1.807) is 24.3 Å². The Morgan fingerprint density at radius 1 is 0.943 bits per heavy atom. The molecule has 1 saturated heterocycles. The molecule has 11 heteroatoms. The van der Waals surface area contributed by atoms with Crippen molar-refractivity contribution in [2.75, 3.05) is 36.4 Å². The average molecular weight is 480 g/mol. The van der Waals surface area contributed by atoms with Crippen molar-refractivity contribution < 1.29 is 22.8 Å². The Bertz CT molecular complexity index is 1280. The third-order valence-electron chi connectivity index (χ3n) is 5.49. The number of rotatable bonds is 4. The molecule has 0 spiro atoms. The molecule has 1 aliphatic heterocycles. The van der Waals surface area contributed by atoms with Crippen LogP contribution in [-0.2, 0) is 6.18 Å². The summed E-state index contributed by atoms with van der Waals surface area (Å²) >= 11 is 0. The molecule has 2 heterocycles. The van der Waals surface area contributed by atoms with E-state index in [4.69, 9.17) is 5.26 Å². The Morgan fingerprint density at radius 3 is 2.34 bits per heavy atom. The van der Waals surface area contributed by atoms with E-state index in [0.29, 0.717) is 30.2 Å². The predicted molar refractivity (Wildman–Crippen MR) is 121 cm³/mol. The maximum atomic E-state index is 13.3. The standard InChI is InChI=1S/C24H19F3N6O2/c25-24(26,27)19-7-2-1-6-18(19)23(35)33-12-10-32(11-13-33)21-9-8-20(30-31-21)22(34)29-17-5-3-4-16(14-17)15-28/h1-9,14H,10-13H2,(H,29,34). The third-order valence-corrected chi connectivity index (χ3v) is 5.49. The summed E-state index contributed by atoms with van der Waals surface area (Å²) in [5.74, 6) is -0.676. The molecule has 0 bridgehead atoms. The molecular weight excluding hydrogens is 461 g/mol. The minimum absolute atomic E-state index is 0.0775. The molecule has 8 nitrogen and oxygen atoms in total. The van der Waals surface area contributed by atoms with Crippen LogP contribution in [0, 0.1) is 11.3 Å². The monoisotopic (exact) mass is 480 g/mol. The number of nitrogens with one attached hydrogen (secondary N) is 1. The number of piperazine rings is 1. The number of anilines is 2. The molecule has 0 aliphatic carbocycles. The van der Waals surface area contributed by atoms with Crippen LogP contribution in [0.4, 0.5) is 24.7 Å². The summed E-state index contributed by atoms with van der Waals surface area (Å²) in [6.07, 6.45) is -4.61. The zero-order valence-electron chi connectivity index (χ0n) is 18.3. The summed E-state index contributed by atoms with van der Waals surface area (Å²) in [6.45, 7) is 1.12. The predicted octanol–water partition coefficient (Wildman–Crippen LogP) is 3.58. The summed E-state index contributed by atoms with van der Waals surface area (Å²) in [4.78, 5) is 28.4. The van der Waals surface area contributed by atoms with Crippen molar-refractivity contribution in [1.29, 1.82) is 5.26 Å². The number of halogens is 3. The molecule has 1 fully saturated rings. The average Bonchev–Trinajstić information content (AvgIpc) is 2.88. The summed E-state index contributed by atoms with van der Waals surface area (Å²) in [5.41, 5.74) is -0.388. The molecule has 2 aromatic carbocycles. The van der Waals surface area contributed by atoms with Crippen LogP contribution in [0.25, 0.3) is 0 Å². The summed E-state index contributed by atoms with van der Waals surface area (Å²) in [7, 11) is 0. The minimum atomic E-state index is -4.61. The van der Waals surface area contributed by atoms with Crippen LogP contribution in [-0.4, -0.2) is 53.1 Å².